The van der Waals surface area contributed by atoms with E-state index in [9.17, 15) is 4.79 Å². The highest BCUT2D eigenvalue weighted by atomic mass is 32.1. The first-order valence-electron chi connectivity index (χ1n) is 6.29. The number of rotatable bonds is 6. The molecular weight excluding hydrogens is 232 g/mol. The Morgan fingerprint density at radius 3 is 2.24 bits per heavy atom. The molecule has 96 valence electrons. The van der Waals surface area contributed by atoms with E-state index < -0.39 is 0 Å². The number of amides is 1. The van der Waals surface area contributed by atoms with Gasteiger partial charge in [0, 0.05) is 18.0 Å². The molecular formula is C13H22N2OS. The van der Waals surface area contributed by atoms with Crippen LogP contribution in [0.15, 0.2) is 0 Å². The third-order valence-corrected chi connectivity index (χ3v) is 3.72. The molecule has 0 fully saturated rings. The van der Waals surface area contributed by atoms with Gasteiger partial charge in [0.2, 0.25) is 5.91 Å². The summed E-state index contributed by atoms with van der Waals surface area (Å²) in [4.78, 5) is 19.6. The molecule has 1 aromatic rings. The summed E-state index contributed by atoms with van der Waals surface area (Å²) in [6, 6.07) is 0. The molecule has 0 bridgehead atoms. The summed E-state index contributed by atoms with van der Waals surface area (Å²) in [6.45, 7) is 9.92. The van der Waals surface area contributed by atoms with Gasteiger partial charge >= 0.3 is 0 Å². The van der Waals surface area contributed by atoms with Gasteiger partial charge in [0.25, 0.3) is 0 Å². The lowest BCUT2D eigenvalue weighted by atomic mass is 10.2. The van der Waals surface area contributed by atoms with Crippen LogP contribution in [-0.2, 0) is 11.2 Å². The van der Waals surface area contributed by atoms with E-state index in [2.05, 4.69) is 18.8 Å². The van der Waals surface area contributed by atoms with E-state index in [4.69, 9.17) is 0 Å². The average molecular weight is 254 g/mol. The Morgan fingerprint density at radius 1 is 1.24 bits per heavy atom. The van der Waals surface area contributed by atoms with Crippen LogP contribution in [0.4, 0.5) is 0 Å². The SMILES string of the molecule is CCCN(CCC)C(=O)Cc1sc(C)nc1C. The molecule has 0 N–H and O–H groups in total. The predicted molar refractivity (Wildman–Crippen MR) is 72.5 cm³/mol. The first-order chi connectivity index (χ1) is 8.08. The molecule has 0 aliphatic carbocycles. The van der Waals surface area contributed by atoms with E-state index in [1.165, 1.54) is 0 Å². The van der Waals surface area contributed by atoms with Crippen molar-refractivity contribution >= 4 is 17.2 Å². The summed E-state index contributed by atoms with van der Waals surface area (Å²) in [7, 11) is 0. The van der Waals surface area contributed by atoms with Gasteiger partial charge in [-0.3, -0.25) is 4.79 Å². The monoisotopic (exact) mass is 254 g/mol. The smallest absolute Gasteiger partial charge is 0.227 e. The fourth-order valence-electron chi connectivity index (χ4n) is 1.89. The minimum absolute atomic E-state index is 0.237. The first-order valence-corrected chi connectivity index (χ1v) is 7.10. The van der Waals surface area contributed by atoms with Crippen molar-refractivity contribution in [3.63, 3.8) is 0 Å². The number of nitrogens with zero attached hydrogens (tertiary/aromatic N) is 2. The standard InChI is InChI=1S/C13H22N2OS/c1-5-7-15(8-6-2)13(16)9-12-10(3)14-11(4)17-12/h5-9H2,1-4H3. The van der Waals surface area contributed by atoms with E-state index >= 15 is 0 Å². The molecule has 0 atom stereocenters. The Kier molecular flexibility index (Phi) is 5.62. The van der Waals surface area contributed by atoms with Crippen LogP contribution in [0.25, 0.3) is 0 Å². The molecule has 0 radical (unpaired) electrons. The second kappa shape index (κ2) is 6.74. The van der Waals surface area contributed by atoms with Gasteiger partial charge < -0.3 is 4.90 Å². The average Bonchev–Trinajstić information content (AvgIpc) is 2.57. The Morgan fingerprint density at radius 2 is 1.82 bits per heavy atom. The van der Waals surface area contributed by atoms with Gasteiger partial charge in [-0.25, -0.2) is 4.98 Å². The molecule has 17 heavy (non-hydrogen) atoms. The zero-order valence-electron chi connectivity index (χ0n) is 11.2. The number of hydrogen-bond acceptors (Lipinski definition) is 3. The summed E-state index contributed by atoms with van der Waals surface area (Å²) in [5, 5.41) is 1.04. The molecule has 1 aromatic heterocycles. The summed E-state index contributed by atoms with van der Waals surface area (Å²) in [5.41, 5.74) is 1.01. The van der Waals surface area contributed by atoms with Crippen LogP contribution < -0.4 is 0 Å². The van der Waals surface area contributed by atoms with E-state index in [-0.39, 0.29) is 5.91 Å². The van der Waals surface area contributed by atoms with Crippen molar-refractivity contribution in [1.29, 1.82) is 0 Å². The van der Waals surface area contributed by atoms with Crippen LogP contribution in [0.2, 0.25) is 0 Å². The highest BCUT2D eigenvalue weighted by Crippen LogP contribution is 2.18. The van der Waals surface area contributed by atoms with Crippen molar-refractivity contribution in [2.24, 2.45) is 0 Å². The Bertz CT molecular complexity index is 367. The quantitative estimate of drug-likeness (QED) is 0.782. The summed E-state index contributed by atoms with van der Waals surface area (Å²) < 4.78 is 0. The maximum atomic E-state index is 12.2. The molecule has 3 nitrogen and oxygen atoms in total. The van der Waals surface area contributed by atoms with Crippen LogP contribution in [-0.4, -0.2) is 28.9 Å². The van der Waals surface area contributed by atoms with Gasteiger partial charge in [-0.2, -0.15) is 0 Å². The van der Waals surface area contributed by atoms with Crippen molar-refractivity contribution in [3.05, 3.63) is 15.6 Å². The number of carbonyl (C=O) groups excluding carboxylic acids is 1. The predicted octanol–water partition coefficient (Wildman–Crippen LogP) is 2.95. The first kappa shape index (κ1) is 14.2. The second-order valence-electron chi connectivity index (χ2n) is 4.30. The van der Waals surface area contributed by atoms with Crippen molar-refractivity contribution in [2.75, 3.05) is 13.1 Å². The third kappa shape index (κ3) is 4.11. The maximum absolute atomic E-state index is 12.2. The minimum Gasteiger partial charge on any atom is -0.342 e. The minimum atomic E-state index is 0.237. The van der Waals surface area contributed by atoms with E-state index in [0.29, 0.717) is 6.42 Å². The highest BCUT2D eigenvalue weighted by Gasteiger charge is 2.15. The molecule has 1 amide bonds. The second-order valence-corrected chi connectivity index (χ2v) is 5.59. The van der Waals surface area contributed by atoms with E-state index in [1.807, 2.05) is 18.7 Å². The molecule has 0 aliphatic heterocycles. The van der Waals surface area contributed by atoms with Crippen molar-refractivity contribution in [1.82, 2.24) is 9.88 Å². The number of carbonyl (C=O) groups is 1. The Balaban J connectivity index is 2.65. The van der Waals surface area contributed by atoms with Crippen LogP contribution in [0, 0.1) is 13.8 Å². The summed E-state index contributed by atoms with van der Waals surface area (Å²) >= 11 is 1.64. The molecule has 4 heteroatoms. The lowest BCUT2D eigenvalue weighted by Gasteiger charge is -2.21. The molecule has 1 heterocycles. The fourth-order valence-corrected chi connectivity index (χ4v) is 2.82. The third-order valence-electron chi connectivity index (χ3n) is 2.65. The number of aryl methyl sites for hydroxylation is 2. The van der Waals surface area contributed by atoms with Crippen molar-refractivity contribution in [2.45, 2.75) is 47.0 Å². The van der Waals surface area contributed by atoms with Crippen LogP contribution in [0.5, 0.6) is 0 Å². The maximum Gasteiger partial charge on any atom is 0.227 e. The fraction of sp³-hybridized carbons (Fsp3) is 0.692. The van der Waals surface area contributed by atoms with Gasteiger partial charge in [-0.1, -0.05) is 13.8 Å². The van der Waals surface area contributed by atoms with Crippen LogP contribution >= 0.6 is 11.3 Å². The lowest BCUT2D eigenvalue weighted by molar-refractivity contribution is -0.130. The zero-order valence-corrected chi connectivity index (χ0v) is 12.1. The summed E-state index contributed by atoms with van der Waals surface area (Å²) in [5.74, 6) is 0.237. The van der Waals surface area contributed by atoms with Crippen molar-refractivity contribution < 1.29 is 4.79 Å². The molecule has 0 saturated heterocycles. The molecule has 1 rings (SSSR count). The normalized spacial score (nSPS) is 10.6. The number of hydrogen-bond donors (Lipinski definition) is 0. The van der Waals surface area contributed by atoms with E-state index in [0.717, 1.165) is 41.5 Å². The topological polar surface area (TPSA) is 33.2 Å². The van der Waals surface area contributed by atoms with Gasteiger partial charge in [-0.15, -0.1) is 11.3 Å². The molecule has 0 spiro atoms. The van der Waals surface area contributed by atoms with Crippen molar-refractivity contribution in [3.8, 4) is 0 Å². The van der Waals surface area contributed by atoms with Crippen LogP contribution in [0.1, 0.15) is 42.3 Å². The lowest BCUT2D eigenvalue weighted by Crippen LogP contribution is -2.33. The molecule has 0 aromatic carbocycles. The molecule has 0 unspecified atom stereocenters. The number of aromatic nitrogens is 1. The number of thiazole rings is 1. The van der Waals surface area contributed by atoms with Gasteiger partial charge in [0.05, 0.1) is 17.1 Å². The molecule has 0 saturated carbocycles. The summed E-state index contributed by atoms with van der Waals surface area (Å²) in [6.07, 6.45) is 2.55. The molecule has 0 aliphatic rings. The highest BCUT2D eigenvalue weighted by molar-refractivity contribution is 7.11. The zero-order chi connectivity index (χ0) is 12.8. The van der Waals surface area contributed by atoms with Crippen LogP contribution in [0.3, 0.4) is 0 Å². The van der Waals surface area contributed by atoms with Gasteiger partial charge in [0.1, 0.15) is 0 Å². The Labute approximate surface area is 108 Å². The Hall–Kier alpha value is -0.900. The van der Waals surface area contributed by atoms with Gasteiger partial charge in [-0.05, 0) is 26.7 Å². The van der Waals surface area contributed by atoms with Gasteiger partial charge in [0.15, 0.2) is 0 Å². The van der Waals surface area contributed by atoms with E-state index in [1.54, 1.807) is 11.3 Å². The largest absolute Gasteiger partial charge is 0.342 e.